The summed E-state index contributed by atoms with van der Waals surface area (Å²) in [5.41, 5.74) is 13.2. The van der Waals surface area contributed by atoms with Crippen LogP contribution in [0, 0.1) is 12.7 Å². The minimum absolute atomic E-state index is 0. The molecule has 0 bridgehead atoms. The van der Waals surface area contributed by atoms with E-state index in [4.69, 9.17) is 11.5 Å². The third-order valence-electron chi connectivity index (χ3n) is 2.36. The molecular weight excluding hydrogens is 215 g/mol. The Kier molecular flexibility index (Phi) is 6.48. The Balaban J connectivity index is 0.00000196. The highest BCUT2D eigenvalue weighted by Gasteiger charge is 2.09. The van der Waals surface area contributed by atoms with Crippen LogP contribution in [0.1, 0.15) is 30.0 Å². The molecule has 86 valence electrons. The van der Waals surface area contributed by atoms with E-state index in [0.29, 0.717) is 6.54 Å². The molecule has 0 aromatic heterocycles. The molecule has 4 N–H and O–H groups in total. The van der Waals surface area contributed by atoms with E-state index in [0.717, 1.165) is 24.0 Å². The van der Waals surface area contributed by atoms with Gasteiger partial charge in [0.2, 0.25) is 0 Å². The van der Waals surface area contributed by atoms with E-state index in [-0.39, 0.29) is 24.3 Å². The number of halogens is 2. The largest absolute Gasteiger partial charge is 0.330 e. The molecular formula is C11H18ClFN2. The molecule has 0 saturated carbocycles. The van der Waals surface area contributed by atoms with E-state index in [9.17, 15) is 4.39 Å². The van der Waals surface area contributed by atoms with Gasteiger partial charge in [0.05, 0.1) is 0 Å². The van der Waals surface area contributed by atoms with Crippen LogP contribution < -0.4 is 11.5 Å². The first kappa shape index (κ1) is 14.4. The second-order valence-electron chi connectivity index (χ2n) is 3.54. The second kappa shape index (κ2) is 6.77. The third-order valence-corrected chi connectivity index (χ3v) is 2.36. The number of hydrogen-bond donors (Lipinski definition) is 2. The quantitative estimate of drug-likeness (QED) is 0.837. The van der Waals surface area contributed by atoms with Crippen molar-refractivity contribution in [3.8, 4) is 0 Å². The molecule has 1 atom stereocenters. The van der Waals surface area contributed by atoms with Gasteiger partial charge in [-0.3, -0.25) is 0 Å². The molecule has 0 saturated heterocycles. The molecule has 0 aliphatic rings. The third kappa shape index (κ3) is 4.16. The summed E-state index contributed by atoms with van der Waals surface area (Å²) in [4.78, 5) is 0. The molecule has 0 radical (unpaired) electrons. The summed E-state index contributed by atoms with van der Waals surface area (Å²) in [6.45, 7) is 2.57. The summed E-state index contributed by atoms with van der Waals surface area (Å²) >= 11 is 0. The maximum absolute atomic E-state index is 12.9. The van der Waals surface area contributed by atoms with Crippen molar-refractivity contribution in [1.29, 1.82) is 0 Å². The van der Waals surface area contributed by atoms with Crippen molar-refractivity contribution in [3.63, 3.8) is 0 Å². The number of aryl methyl sites for hydroxylation is 1. The van der Waals surface area contributed by atoms with Crippen LogP contribution in [-0.4, -0.2) is 6.54 Å². The molecule has 0 aliphatic carbocycles. The van der Waals surface area contributed by atoms with Gasteiger partial charge in [0.25, 0.3) is 0 Å². The molecule has 1 rings (SSSR count). The van der Waals surface area contributed by atoms with Gasteiger partial charge in [0.15, 0.2) is 0 Å². The Morgan fingerprint density at radius 1 is 1.40 bits per heavy atom. The zero-order valence-corrected chi connectivity index (χ0v) is 9.69. The number of benzene rings is 1. The lowest BCUT2D eigenvalue weighted by Crippen LogP contribution is -2.14. The Morgan fingerprint density at radius 3 is 2.67 bits per heavy atom. The molecule has 0 heterocycles. The lowest BCUT2D eigenvalue weighted by Gasteiger charge is -2.14. The van der Waals surface area contributed by atoms with Gasteiger partial charge in [0, 0.05) is 6.04 Å². The van der Waals surface area contributed by atoms with Crippen molar-refractivity contribution in [1.82, 2.24) is 0 Å². The highest BCUT2D eigenvalue weighted by atomic mass is 35.5. The van der Waals surface area contributed by atoms with E-state index in [1.165, 1.54) is 12.1 Å². The zero-order valence-electron chi connectivity index (χ0n) is 8.87. The van der Waals surface area contributed by atoms with Gasteiger partial charge in [-0.1, -0.05) is 6.07 Å². The average Bonchev–Trinajstić information content (AvgIpc) is 2.18. The lowest BCUT2D eigenvalue weighted by molar-refractivity contribution is 0.594. The van der Waals surface area contributed by atoms with Gasteiger partial charge in [-0.15, -0.1) is 12.4 Å². The average molecular weight is 233 g/mol. The van der Waals surface area contributed by atoms with Crippen molar-refractivity contribution in [2.75, 3.05) is 6.54 Å². The summed E-state index contributed by atoms with van der Waals surface area (Å²) < 4.78 is 12.9. The summed E-state index contributed by atoms with van der Waals surface area (Å²) in [5, 5.41) is 0. The molecule has 0 aliphatic heterocycles. The maximum atomic E-state index is 12.9. The lowest BCUT2D eigenvalue weighted by atomic mass is 9.98. The Labute approximate surface area is 96.3 Å². The molecule has 0 fully saturated rings. The fraction of sp³-hybridized carbons (Fsp3) is 0.455. The molecule has 0 amide bonds. The van der Waals surface area contributed by atoms with Gasteiger partial charge >= 0.3 is 0 Å². The van der Waals surface area contributed by atoms with Gasteiger partial charge in [-0.25, -0.2) is 4.39 Å². The smallest absolute Gasteiger partial charge is 0.123 e. The van der Waals surface area contributed by atoms with Crippen molar-refractivity contribution >= 4 is 12.4 Å². The fourth-order valence-electron chi connectivity index (χ4n) is 1.50. The van der Waals surface area contributed by atoms with Gasteiger partial charge in [-0.2, -0.15) is 0 Å². The van der Waals surface area contributed by atoms with Crippen LogP contribution in [0.2, 0.25) is 0 Å². The van der Waals surface area contributed by atoms with Crippen molar-refractivity contribution in [3.05, 3.63) is 35.1 Å². The van der Waals surface area contributed by atoms with Crippen LogP contribution in [0.15, 0.2) is 18.2 Å². The first-order valence-electron chi connectivity index (χ1n) is 4.87. The second-order valence-corrected chi connectivity index (χ2v) is 3.54. The van der Waals surface area contributed by atoms with E-state index in [1.807, 2.05) is 6.92 Å². The van der Waals surface area contributed by atoms with E-state index in [2.05, 4.69) is 0 Å². The van der Waals surface area contributed by atoms with E-state index in [1.54, 1.807) is 6.07 Å². The van der Waals surface area contributed by atoms with Crippen LogP contribution in [0.5, 0.6) is 0 Å². The predicted molar refractivity (Wildman–Crippen MR) is 63.6 cm³/mol. The monoisotopic (exact) mass is 232 g/mol. The highest BCUT2D eigenvalue weighted by Crippen LogP contribution is 2.20. The van der Waals surface area contributed by atoms with E-state index >= 15 is 0 Å². The topological polar surface area (TPSA) is 52.0 Å². The summed E-state index contributed by atoms with van der Waals surface area (Å²) in [6, 6.07) is 4.62. The van der Waals surface area contributed by atoms with Crippen LogP contribution in [-0.2, 0) is 0 Å². The van der Waals surface area contributed by atoms with Gasteiger partial charge < -0.3 is 11.5 Å². The van der Waals surface area contributed by atoms with Gasteiger partial charge in [0.1, 0.15) is 5.82 Å². The highest BCUT2D eigenvalue weighted by molar-refractivity contribution is 5.85. The predicted octanol–water partition coefficient (Wildman–Crippen LogP) is 2.29. The number of hydrogen-bond acceptors (Lipinski definition) is 2. The Hall–Kier alpha value is -0.640. The summed E-state index contributed by atoms with van der Waals surface area (Å²) in [5.74, 6) is -0.228. The fourth-order valence-corrected chi connectivity index (χ4v) is 1.50. The molecule has 4 heteroatoms. The Morgan fingerprint density at radius 2 is 2.07 bits per heavy atom. The maximum Gasteiger partial charge on any atom is 0.123 e. The first-order chi connectivity index (χ1) is 6.65. The Bertz CT molecular complexity index is 305. The summed E-state index contributed by atoms with van der Waals surface area (Å²) in [6.07, 6.45) is 1.68. The van der Waals surface area contributed by atoms with Crippen LogP contribution in [0.4, 0.5) is 4.39 Å². The SMILES string of the molecule is Cc1ccc(F)cc1[C@@H](N)CCCN.Cl. The van der Waals surface area contributed by atoms with Crippen LogP contribution >= 0.6 is 12.4 Å². The van der Waals surface area contributed by atoms with Crippen molar-refractivity contribution in [2.45, 2.75) is 25.8 Å². The van der Waals surface area contributed by atoms with E-state index < -0.39 is 0 Å². The van der Waals surface area contributed by atoms with Crippen molar-refractivity contribution < 1.29 is 4.39 Å². The van der Waals surface area contributed by atoms with Crippen molar-refractivity contribution in [2.24, 2.45) is 11.5 Å². The minimum atomic E-state index is -0.228. The minimum Gasteiger partial charge on any atom is -0.330 e. The molecule has 1 aromatic rings. The molecule has 1 aromatic carbocycles. The van der Waals surface area contributed by atoms with Gasteiger partial charge in [-0.05, 0) is 49.6 Å². The molecule has 0 spiro atoms. The molecule has 2 nitrogen and oxygen atoms in total. The normalized spacial score (nSPS) is 12.0. The first-order valence-corrected chi connectivity index (χ1v) is 4.87. The number of rotatable bonds is 4. The zero-order chi connectivity index (χ0) is 10.6. The van der Waals surface area contributed by atoms with Crippen LogP contribution in [0.25, 0.3) is 0 Å². The molecule has 0 unspecified atom stereocenters. The van der Waals surface area contributed by atoms with Crippen LogP contribution in [0.3, 0.4) is 0 Å². The molecule has 15 heavy (non-hydrogen) atoms. The standard InChI is InChI=1S/C11H17FN2.ClH/c1-8-4-5-9(12)7-10(8)11(14)3-2-6-13;/h4-5,7,11H,2-3,6,13-14H2,1H3;1H/t11-;/m0./s1. The number of nitrogens with two attached hydrogens (primary N) is 2. The summed E-state index contributed by atoms with van der Waals surface area (Å²) in [7, 11) is 0.